The van der Waals surface area contributed by atoms with Crippen molar-refractivity contribution in [1.82, 2.24) is 5.43 Å². The second kappa shape index (κ2) is 2.71. The Balaban J connectivity index is 2.22. The third-order valence-electron chi connectivity index (χ3n) is 1.43. The van der Waals surface area contributed by atoms with E-state index in [1.54, 1.807) is 0 Å². The lowest BCUT2D eigenvalue weighted by Gasteiger charge is -2.03. The highest BCUT2D eigenvalue weighted by Crippen LogP contribution is 2.24. The summed E-state index contributed by atoms with van der Waals surface area (Å²) in [4.78, 5) is 0. The minimum Gasteiger partial charge on any atom is -0.271 e. The number of hydrogen-bond donors (Lipinski definition) is 2. The van der Waals surface area contributed by atoms with Crippen LogP contribution in [0.3, 0.4) is 0 Å². The van der Waals surface area contributed by atoms with Crippen molar-refractivity contribution in [3.05, 3.63) is 0 Å². The first-order valence-electron chi connectivity index (χ1n) is 2.90. The van der Waals surface area contributed by atoms with E-state index < -0.39 is 0 Å². The van der Waals surface area contributed by atoms with Gasteiger partial charge in [-0.3, -0.25) is 11.3 Å². The first-order chi connectivity index (χ1) is 3.83. The van der Waals surface area contributed by atoms with E-state index in [4.69, 9.17) is 5.84 Å². The summed E-state index contributed by atoms with van der Waals surface area (Å²) in [5.41, 5.74) is 2.77. The van der Waals surface area contributed by atoms with E-state index in [2.05, 4.69) is 12.3 Å². The molecule has 2 atom stereocenters. The summed E-state index contributed by atoms with van der Waals surface area (Å²) in [7, 11) is 0. The molecule has 0 bridgehead atoms. The average molecular weight is 132 g/mol. The molecule has 0 aromatic rings. The number of hydrogen-bond acceptors (Lipinski definition) is 3. The van der Waals surface area contributed by atoms with Crippen molar-refractivity contribution in [3.63, 3.8) is 0 Å². The maximum Gasteiger partial charge on any atom is 0.0311 e. The first kappa shape index (κ1) is 6.39. The Labute approximate surface area is 54.2 Å². The second-order valence-electron chi connectivity index (χ2n) is 2.24. The van der Waals surface area contributed by atoms with Gasteiger partial charge in [0.25, 0.3) is 0 Å². The number of hydrazine groups is 1. The Kier molecular flexibility index (Phi) is 2.16. The molecular formula is C5H12N2S. The van der Waals surface area contributed by atoms with Gasteiger partial charge in [-0.1, -0.05) is 6.92 Å². The van der Waals surface area contributed by atoms with Crippen molar-refractivity contribution in [2.75, 3.05) is 5.75 Å². The molecule has 2 nitrogen and oxygen atoms in total. The molecule has 2 unspecified atom stereocenters. The Morgan fingerprint density at radius 3 is 2.75 bits per heavy atom. The smallest absolute Gasteiger partial charge is 0.0311 e. The second-order valence-corrected chi connectivity index (χ2v) is 3.71. The molecule has 0 saturated carbocycles. The predicted molar refractivity (Wildman–Crippen MR) is 37.6 cm³/mol. The molecule has 0 spiro atoms. The third kappa shape index (κ3) is 1.37. The van der Waals surface area contributed by atoms with Crippen LogP contribution in [0.4, 0.5) is 0 Å². The van der Waals surface area contributed by atoms with Gasteiger partial charge in [0.05, 0.1) is 0 Å². The lowest BCUT2D eigenvalue weighted by molar-refractivity contribution is 0.559. The first-order valence-corrected chi connectivity index (χ1v) is 3.95. The molecule has 1 fully saturated rings. The number of nitrogens with two attached hydrogens (primary N) is 1. The summed E-state index contributed by atoms with van der Waals surface area (Å²) >= 11 is 1.99. The zero-order valence-electron chi connectivity index (χ0n) is 5.05. The third-order valence-corrected chi connectivity index (χ3v) is 2.79. The Morgan fingerprint density at radius 1 is 1.75 bits per heavy atom. The van der Waals surface area contributed by atoms with Crippen molar-refractivity contribution in [1.29, 1.82) is 0 Å². The molecule has 0 aromatic carbocycles. The minimum atomic E-state index is 0.565. The van der Waals surface area contributed by atoms with E-state index in [1.165, 1.54) is 12.2 Å². The van der Waals surface area contributed by atoms with Gasteiger partial charge in [0, 0.05) is 17.0 Å². The number of nitrogens with one attached hydrogen (secondary N) is 1. The molecule has 1 saturated heterocycles. The van der Waals surface area contributed by atoms with E-state index in [9.17, 15) is 0 Å². The molecule has 8 heavy (non-hydrogen) atoms. The summed E-state index contributed by atoms with van der Waals surface area (Å²) in [5, 5.41) is 0.802. The Hall–Kier alpha value is 0.270. The van der Waals surface area contributed by atoms with Crippen molar-refractivity contribution in [2.24, 2.45) is 5.84 Å². The summed E-state index contributed by atoms with van der Waals surface area (Å²) in [5.74, 6) is 6.41. The largest absolute Gasteiger partial charge is 0.271 e. The van der Waals surface area contributed by atoms with Gasteiger partial charge in [0.15, 0.2) is 0 Å². The molecule has 0 radical (unpaired) electrons. The number of thioether (sulfide) groups is 1. The van der Waals surface area contributed by atoms with Gasteiger partial charge < -0.3 is 0 Å². The van der Waals surface area contributed by atoms with E-state index in [0.717, 1.165) is 5.25 Å². The molecular weight excluding hydrogens is 120 g/mol. The summed E-state index contributed by atoms with van der Waals surface area (Å²) in [6.07, 6.45) is 1.22. The minimum absolute atomic E-state index is 0.565. The highest BCUT2D eigenvalue weighted by Gasteiger charge is 2.19. The maximum atomic E-state index is 5.23. The molecule has 1 rings (SSSR count). The van der Waals surface area contributed by atoms with Crippen molar-refractivity contribution in [2.45, 2.75) is 24.6 Å². The molecule has 48 valence electrons. The predicted octanol–water partition coefficient (Wildman–Crippen LogP) is 0.344. The Bertz CT molecular complexity index is 76.8. The van der Waals surface area contributed by atoms with Crippen molar-refractivity contribution < 1.29 is 0 Å². The van der Waals surface area contributed by atoms with Crippen LogP contribution in [0, 0.1) is 0 Å². The standard InChI is InChI=1S/C5H12N2S/c1-4-2-5(7-6)3-8-4/h4-5,7H,2-3,6H2,1H3. The lowest BCUT2D eigenvalue weighted by Crippen LogP contribution is -2.34. The fourth-order valence-electron chi connectivity index (χ4n) is 0.933. The SMILES string of the molecule is CC1CC(NN)CS1. The van der Waals surface area contributed by atoms with Gasteiger partial charge in [-0.05, 0) is 6.42 Å². The van der Waals surface area contributed by atoms with Gasteiger partial charge in [-0.2, -0.15) is 11.8 Å². The molecule has 1 heterocycles. The van der Waals surface area contributed by atoms with E-state index >= 15 is 0 Å². The van der Waals surface area contributed by atoms with Crippen LogP contribution in [0.5, 0.6) is 0 Å². The molecule has 0 aromatic heterocycles. The zero-order chi connectivity index (χ0) is 5.98. The van der Waals surface area contributed by atoms with Gasteiger partial charge in [-0.15, -0.1) is 0 Å². The van der Waals surface area contributed by atoms with Crippen LogP contribution < -0.4 is 11.3 Å². The van der Waals surface area contributed by atoms with Crippen LogP contribution in [0.25, 0.3) is 0 Å². The molecule has 3 heteroatoms. The van der Waals surface area contributed by atoms with E-state index in [1.807, 2.05) is 11.8 Å². The van der Waals surface area contributed by atoms with Gasteiger partial charge in [0.1, 0.15) is 0 Å². The summed E-state index contributed by atoms with van der Waals surface area (Å²) < 4.78 is 0. The fourth-order valence-corrected chi connectivity index (χ4v) is 2.09. The highest BCUT2D eigenvalue weighted by atomic mass is 32.2. The van der Waals surface area contributed by atoms with Crippen LogP contribution >= 0.6 is 11.8 Å². The Morgan fingerprint density at radius 2 is 2.50 bits per heavy atom. The average Bonchev–Trinajstić information content (AvgIpc) is 2.14. The molecule has 1 aliphatic rings. The molecule has 3 N–H and O–H groups in total. The van der Waals surface area contributed by atoms with Gasteiger partial charge in [-0.25, -0.2) is 0 Å². The fraction of sp³-hybridized carbons (Fsp3) is 1.00. The van der Waals surface area contributed by atoms with E-state index in [0.29, 0.717) is 6.04 Å². The summed E-state index contributed by atoms with van der Waals surface area (Å²) in [6.45, 7) is 2.24. The molecule has 0 aliphatic carbocycles. The van der Waals surface area contributed by atoms with Crippen molar-refractivity contribution in [3.8, 4) is 0 Å². The number of rotatable bonds is 1. The van der Waals surface area contributed by atoms with Crippen LogP contribution in [0.2, 0.25) is 0 Å². The van der Waals surface area contributed by atoms with Crippen LogP contribution in [0.1, 0.15) is 13.3 Å². The van der Waals surface area contributed by atoms with Crippen LogP contribution in [0.15, 0.2) is 0 Å². The van der Waals surface area contributed by atoms with Crippen LogP contribution in [-0.4, -0.2) is 17.0 Å². The zero-order valence-corrected chi connectivity index (χ0v) is 5.87. The van der Waals surface area contributed by atoms with Gasteiger partial charge in [0.2, 0.25) is 0 Å². The van der Waals surface area contributed by atoms with Gasteiger partial charge >= 0.3 is 0 Å². The lowest BCUT2D eigenvalue weighted by atomic mass is 10.2. The molecule has 0 amide bonds. The molecule has 1 aliphatic heterocycles. The monoisotopic (exact) mass is 132 g/mol. The van der Waals surface area contributed by atoms with Crippen molar-refractivity contribution >= 4 is 11.8 Å². The van der Waals surface area contributed by atoms with Crippen LogP contribution in [-0.2, 0) is 0 Å². The quantitative estimate of drug-likeness (QED) is 0.399. The topological polar surface area (TPSA) is 38.0 Å². The van der Waals surface area contributed by atoms with E-state index in [-0.39, 0.29) is 0 Å². The normalized spacial score (nSPS) is 38.2. The summed E-state index contributed by atoms with van der Waals surface area (Å²) in [6, 6.07) is 0.565. The highest BCUT2D eigenvalue weighted by molar-refractivity contribution is 8.00. The maximum absolute atomic E-state index is 5.23.